The van der Waals surface area contributed by atoms with Gasteiger partial charge in [-0.1, -0.05) is 0 Å². The molecule has 0 aromatic rings. The average Bonchev–Trinajstić information content (AvgIpc) is 2.19. The van der Waals surface area contributed by atoms with Crippen molar-refractivity contribution in [3.05, 3.63) is 0 Å². The van der Waals surface area contributed by atoms with Gasteiger partial charge in [-0.15, -0.1) is 0 Å². The van der Waals surface area contributed by atoms with Gasteiger partial charge in [-0.25, -0.2) is 0 Å². The minimum Gasteiger partial charge on any atom is -0.394 e. The predicted octanol–water partition coefficient (Wildman–Crippen LogP) is -2.32. The van der Waals surface area contributed by atoms with Gasteiger partial charge in [0.25, 0.3) is 0 Å². The van der Waals surface area contributed by atoms with Gasteiger partial charge in [0.05, 0.1) is 19.8 Å². The summed E-state index contributed by atoms with van der Waals surface area (Å²) in [4.78, 5) is 0. The van der Waals surface area contributed by atoms with Crippen LogP contribution < -0.4 is 0 Å². The van der Waals surface area contributed by atoms with Crippen LogP contribution in [0.3, 0.4) is 0 Å². The van der Waals surface area contributed by atoms with Crippen molar-refractivity contribution < 1.29 is 29.9 Å². The maximum Gasteiger partial charge on any atom is 0.185 e. The van der Waals surface area contributed by atoms with Crippen LogP contribution in [-0.4, -0.2) is 65.9 Å². The molecule has 4 N–H and O–H groups in total. The van der Waals surface area contributed by atoms with Crippen molar-refractivity contribution in [2.24, 2.45) is 0 Å². The van der Waals surface area contributed by atoms with Gasteiger partial charge in [0, 0.05) is 7.11 Å². The van der Waals surface area contributed by atoms with Gasteiger partial charge in [0.2, 0.25) is 0 Å². The van der Waals surface area contributed by atoms with Crippen LogP contribution in [0, 0.1) is 0 Å². The van der Waals surface area contributed by atoms with E-state index in [9.17, 15) is 0 Å². The third-order valence-corrected chi connectivity index (χ3v) is 1.47. The van der Waals surface area contributed by atoms with Crippen LogP contribution in [-0.2, 0) is 9.47 Å². The second kappa shape index (κ2) is 7.19. The second-order valence-electron chi connectivity index (χ2n) is 2.48. The van der Waals surface area contributed by atoms with Gasteiger partial charge >= 0.3 is 0 Å². The van der Waals surface area contributed by atoms with Gasteiger partial charge in [0.1, 0.15) is 12.2 Å². The molecule has 6 nitrogen and oxygen atoms in total. The molecule has 80 valence electrons. The molecular formula is C7H16O6. The molecule has 6 heteroatoms. The second-order valence-corrected chi connectivity index (χ2v) is 2.48. The van der Waals surface area contributed by atoms with Gasteiger partial charge in [-0.05, 0) is 0 Å². The Morgan fingerprint density at radius 2 is 1.62 bits per heavy atom. The number of ether oxygens (including phenoxy) is 2. The van der Waals surface area contributed by atoms with Gasteiger partial charge < -0.3 is 29.9 Å². The van der Waals surface area contributed by atoms with E-state index in [2.05, 4.69) is 4.74 Å². The van der Waals surface area contributed by atoms with E-state index in [1.807, 2.05) is 0 Å². The Morgan fingerprint density at radius 1 is 1.08 bits per heavy atom. The summed E-state index contributed by atoms with van der Waals surface area (Å²) in [7, 11) is 1.29. The average molecular weight is 196 g/mol. The molecule has 2 atom stereocenters. The van der Waals surface area contributed by atoms with Crippen molar-refractivity contribution in [2.45, 2.75) is 18.5 Å². The minimum absolute atomic E-state index is 0.380. The van der Waals surface area contributed by atoms with Crippen LogP contribution in [0.15, 0.2) is 0 Å². The summed E-state index contributed by atoms with van der Waals surface area (Å²) >= 11 is 0. The lowest BCUT2D eigenvalue weighted by Crippen LogP contribution is -2.39. The number of aliphatic hydroxyl groups excluding tert-OH is 4. The fourth-order valence-corrected chi connectivity index (χ4v) is 0.723. The highest BCUT2D eigenvalue weighted by Crippen LogP contribution is 2.04. The maximum absolute atomic E-state index is 9.09. The SMILES string of the molecule is CO[C@H](OC(CO)CO)C(O)CO. The number of hydrogen-bond acceptors (Lipinski definition) is 6. The highest BCUT2D eigenvalue weighted by atomic mass is 16.7. The Labute approximate surface area is 76.3 Å². The predicted molar refractivity (Wildman–Crippen MR) is 42.9 cm³/mol. The summed E-state index contributed by atoms with van der Waals surface area (Å²) in [6.45, 7) is -1.27. The molecule has 13 heavy (non-hydrogen) atoms. The molecule has 0 aromatic heterocycles. The van der Waals surface area contributed by atoms with Gasteiger partial charge in [-0.3, -0.25) is 0 Å². The van der Waals surface area contributed by atoms with Crippen LogP contribution in [0.5, 0.6) is 0 Å². The molecule has 0 rings (SSSR count). The highest BCUT2D eigenvalue weighted by molar-refractivity contribution is 4.61. The molecule has 0 heterocycles. The molecule has 0 saturated heterocycles. The van der Waals surface area contributed by atoms with Crippen LogP contribution >= 0.6 is 0 Å². The molecule has 0 saturated carbocycles. The zero-order valence-corrected chi connectivity index (χ0v) is 7.46. The smallest absolute Gasteiger partial charge is 0.185 e. The van der Waals surface area contributed by atoms with E-state index < -0.39 is 25.1 Å². The number of methoxy groups -OCH3 is 1. The molecule has 1 unspecified atom stereocenters. The molecule has 0 bridgehead atoms. The van der Waals surface area contributed by atoms with E-state index in [-0.39, 0.29) is 13.2 Å². The van der Waals surface area contributed by atoms with Crippen LogP contribution in [0.25, 0.3) is 0 Å². The van der Waals surface area contributed by atoms with Crippen molar-refractivity contribution in [3.8, 4) is 0 Å². The fraction of sp³-hybridized carbons (Fsp3) is 1.00. The van der Waals surface area contributed by atoms with Crippen LogP contribution in [0.2, 0.25) is 0 Å². The Morgan fingerprint density at radius 3 is 1.92 bits per heavy atom. The number of hydrogen-bond donors (Lipinski definition) is 4. The monoisotopic (exact) mass is 196 g/mol. The first-order valence-corrected chi connectivity index (χ1v) is 3.88. The summed E-state index contributed by atoms with van der Waals surface area (Å²) in [5.74, 6) is 0. The van der Waals surface area contributed by atoms with Crippen LogP contribution in [0.4, 0.5) is 0 Å². The number of rotatable bonds is 7. The summed E-state index contributed by atoms with van der Waals surface area (Å²) in [6, 6.07) is 0. The summed E-state index contributed by atoms with van der Waals surface area (Å²) in [6.07, 6.45) is -3.05. The number of aliphatic hydroxyl groups is 4. The first kappa shape index (κ1) is 12.8. The highest BCUT2D eigenvalue weighted by Gasteiger charge is 2.22. The molecular weight excluding hydrogens is 180 g/mol. The van der Waals surface area contributed by atoms with Crippen LogP contribution in [0.1, 0.15) is 0 Å². The van der Waals surface area contributed by atoms with E-state index in [1.165, 1.54) is 7.11 Å². The van der Waals surface area contributed by atoms with E-state index in [0.29, 0.717) is 0 Å². The fourth-order valence-electron chi connectivity index (χ4n) is 0.723. The lowest BCUT2D eigenvalue weighted by atomic mass is 10.3. The molecule has 0 spiro atoms. The van der Waals surface area contributed by atoms with E-state index in [1.54, 1.807) is 0 Å². The zero-order chi connectivity index (χ0) is 10.3. The Bertz CT molecular complexity index is 116. The molecule has 0 aromatic carbocycles. The minimum atomic E-state index is -1.19. The van der Waals surface area contributed by atoms with Gasteiger partial charge in [-0.2, -0.15) is 0 Å². The Hall–Kier alpha value is -0.240. The first-order chi connectivity index (χ1) is 6.19. The summed E-state index contributed by atoms with van der Waals surface area (Å²) < 4.78 is 9.60. The first-order valence-electron chi connectivity index (χ1n) is 3.88. The Kier molecular flexibility index (Phi) is 7.06. The summed E-state index contributed by atoms with van der Waals surface area (Å²) in [5.41, 5.74) is 0. The molecule has 0 radical (unpaired) electrons. The van der Waals surface area contributed by atoms with Gasteiger partial charge in [0.15, 0.2) is 6.29 Å². The van der Waals surface area contributed by atoms with E-state index in [4.69, 9.17) is 25.2 Å². The molecule has 0 aliphatic rings. The third kappa shape index (κ3) is 4.51. The standard InChI is InChI=1S/C7H16O6/c1-12-7(6(11)4-10)13-5(2-8)3-9/h5-11H,2-4H2,1H3/t6?,7-/m1/s1. The molecule has 0 aliphatic carbocycles. The van der Waals surface area contributed by atoms with Crippen molar-refractivity contribution >= 4 is 0 Å². The lowest BCUT2D eigenvalue weighted by molar-refractivity contribution is -0.221. The van der Waals surface area contributed by atoms with E-state index in [0.717, 1.165) is 0 Å². The lowest BCUT2D eigenvalue weighted by Gasteiger charge is -2.24. The maximum atomic E-state index is 9.09. The molecule has 0 aliphatic heterocycles. The topological polar surface area (TPSA) is 99.4 Å². The van der Waals surface area contributed by atoms with E-state index >= 15 is 0 Å². The Balaban J connectivity index is 3.94. The van der Waals surface area contributed by atoms with Crippen molar-refractivity contribution in [3.63, 3.8) is 0 Å². The van der Waals surface area contributed by atoms with Crippen molar-refractivity contribution in [1.29, 1.82) is 0 Å². The zero-order valence-electron chi connectivity index (χ0n) is 7.46. The van der Waals surface area contributed by atoms with Crippen molar-refractivity contribution in [1.82, 2.24) is 0 Å². The normalized spacial score (nSPS) is 16.2. The molecule has 0 fully saturated rings. The molecule has 0 amide bonds. The third-order valence-electron chi connectivity index (χ3n) is 1.47. The summed E-state index contributed by atoms with van der Waals surface area (Å²) in [5, 5.41) is 34.9. The largest absolute Gasteiger partial charge is 0.394 e. The van der Waals surface area contributed by atoms with Crippen molar-refractivity contribution in [2.75, 3.05) is 26.9 Å². The quantitative estimate of drug-likeness (QED) is 0.341.